The van der Waals surface area contributed by atoms with Gasteiger partial charge >= 0.3 is 0 Å². The van der Waals surface area contributed by atoms with Crippen LogP contribution in [-0.2, 0) is 0 Å². The minimum atomic E-state index is 0.342. The van der Waals surface area contributed by atoms with Gasteiger partial charge in [-0.2, -0.15) is 0 Å². The average molecular weight is 345 g/mol. The fraction of sp³-hybridized carbons (Fsp3) is 0.0526. The lowest BCUT2D eigenvalue weighted by atomic mass is 10.1. The first-order valence-electron chi connectivity index (χ1n) is 7.95. The van der Waals surface area contributed by atoms with Crippen LogP contribution in [0.2, 0.25) is 0 Å². The second-order valence-corrected chi connectivity index (χ2v) is 5.61. The fourth-order valence-electron chi connectivity index (χ4n) is 2.75. The van der Waals surface area contributed by atoms with Crippen LogP contribution in [0.15, 0.2) is 72.5 Å². The predicted octanol–water partition coefficient (Wildman–Crippen LogP) is 3.61. The van der Waals surface area contributed by atoms with Crippen LogP contribution in [0.1, 0.15) is 11.4 Å². The zero-order valence-electron chi connectivity index (χ0n) is 13.9. The Hall–Kier alpha value is -3.74. The van der Waals surface area contributed by atoms with Gasteiger partial charge < -0.3 is 9.94 Å². The second kappa shape index (κ2) is 6.64. The first-order valence-corrected chi connectivity index (χ1v) is 7.95. The Morgan fingerprint density at radius 3 is 2.85 bits per heavy atom. The van der Waals surface area contributed by atoms with Crippen LogP contribution in [0.5, 0.6) is 11.6 Å². The van der Waals surface area contributed by atoms with E-state index in [4.69, 9.17) is 4.74 Å². The number of benzene rings is 1. The molecule has 0 atom stereocenters. The van der Waals surface area contributed by atoms with Crippen LogP contribution in [0.3, 0.4) is 0 Å². The summed E-state index contributed by atoms with van der Waals surface area (Å²) in [5.41, 5.74) is 0.653. The number of imidazole rings is 1. The quantitative estimate of drug-likeness (QED) is 0.265. The number of hydrogen-bond donors (Lipinski definition) is 1. The molecule has 0 saturated carbocycles. The van der Waals surface area contributed by atoms with Gasteiger partial charge in [-0.1, -0.05) is 17.3 Å². The smallest absolute Gasteiger partial charge is 0.219 e. The Labute approximate surface area is 149 Å². The fourth-order valence-corrected chi connectivity index (χ4v) is 2.75. The Morgan fingerprint density at radius 2 is 2.04 bits per heavy atom. The maximum Gasteiger partial charge on any atom is 0.219 e. The number of nitrogens with zero attached hydrogens (tertiary/aromatic N) is 5. The largest absolute Gasteiger partial charge is 0.438 e. The molecular formula is C19H15N5O2. The average Bonchev–Trinajstić information content (AvgIpc) is 3.09. The third kappa shape index (κ3) is 2.86. The standard InChI is InChI=1S/C19H15N5O2/c1-13-21-9-10-24(13)19(23-25)14-5-8-22-18(11-14)26-17-4-2-3-15-12-20-7-6-16(15)17/h2-12,25H,1H3/b23-19-. The van der Waals surface area contributed by atoms with Gasteiger partial charge in [0, 0.05) is 53.4 Å². The third-order valence-electron chi connectivity index (χ3n) is 4.00. The maximum atomic E-state index is 9.47. The van der Waals surface area contributed by atoms with Gasteiger partial charge in [0.15, 0.2) is 5.84 Å². The molecule has 3 aromatic heterocycles. The molecule has 0 unspecified atom stereocenters. The first kappa shape index (κ1) is 15.8. The van der Waals surface area contributed by atoms with E-state index in [0.29, 0.717) is 28.9 Å². The maximum absolute atomic E-state index is 9.47. The van der Waals surface area contributed by atoms with Crippen molar-refractivity contribution in [2.75, 3.05) is 0 Å². The molecule has 3 heterocycles. The monoisotopic (exact) mass is 345 g/mol. The number of aryl methyl sites for hydroxylation is 1. The molecule has 0 spiro atoms. The minimum Gasteiger partial charge on any atom is -0.438 e. The zero-order chi connectivity index (χ0) is 17.9. The molecule has 0 fully saturated rings. The third-order valence-corrected chi connectivity index (χ3v) is 4.00. The Bertz CT molecular complexity index is 1100. The summed E-state index contributed by atoms with van der Waals surface area (Å²) < 4.78 is 7.66. The number of pyridine rings is 2. The lowest BCUT2D eigenvalue weighted by Crippen LogP contribution is -2.14. The van der Waals surface area contributed by atoms with Crippen molar-refractivity contribution in [3.63, 3.8) is 0 Å². The first-order chi connectivity index (χ1) is 12.8. The van der Waals surface area contributed by atoms with Crippen LogP contribution in [0.4, 0.5) is 0 Å². The Kier molecular flexibility index (Phi) is 4.03. The summed E-state index contributed by atoms with van der Waals surface area (Å²) in [6.45, 7) is 1.83. The Balaban J connectivity index is 1.71. The normalized spacial score (nSPS) is 11.7. The summed E-state index contributed by atoms with van der Waals surface area (Å²) in [6.07, 6.45) is 8.48. The van der Waals surface area contributed by atoms with E-state index >= 15 is 0 Å². The van der Waals surface area contributed by atoms with E-state index in [-0.39, 0.29) is 0 Å². The molecule has 0 aliphatic heterocycles. The molecule has 7 heteroatoms. The molecule has 1 N–H and O–H groups in total. The summed E-state index contributed by atoms with van der Waals surface area (Å²) in [6, 6.07) is 11.1. The molecule has 0 saturated heterocycles. The van der Waals surface area contributed by atoms with Gasteiger partial charge in [0.05, 0.1) is 0 Å². The van der Waals surface area contributed by atoms with Gasteiger partial charge in [0.1, 0.15) is 11.6 Å². The lowest BCUT2D eigenvalue weighted by Gasteiger charge is -2.11. The van der Waals surface area contributed by atoms with E-state index in [0.717, 1.165) is 10.8 Å². The van der Waals surface area contributed by atoms with Crippen LogP contribution >= 0.6 is 0 Å². The highest BCUT2D eigenvalue weighted by Gasteiger charge is 2.12. The molecule has 4 rings (SSSR count). The Morgan fingerprint density at radius 1 is 1.12 bits per heavy atom. The van der Waals surface area contributed by atoms with Crippen molar-refractivity contribution in [3.8, 4) is 11.6 Å². The molecule has 0 aliphatic carbocycles. The number of hydrogen-bond acceptors (Lipinski definition) is 6. The second-order valence-electron chi connectivity index (χ2n) is 5.61. The highest BCUT2D eigenvalue weighted by atomic mass is 16.5. The van der Waals surface area contributed by atoms with E-state index in [2.05, 4.69) is 20.1 Å². The van der Waals surface area contributed by atoms with E-state index in [1.54, 1.807) is 47.7 Å². The lowest BCUT2D eigenvalue weighted by molar-refractivity contribution is 0.317. The molecule has 7 nitrogen and oxygen atoms in total. The number of oxime groups is 1. The number of rotatable bonds is 3. The highest BCUT2D eigenvalue weighted by molar-refractivity contribution is 6.00. The van der Waals surface area contributed by atoms with Gasteiger partial charge in [-0.15, -0.1) is 0 Å². The van der Waals surface area contributed by atoms with Gasteiger partial charge in [0.2, 0.25) is 5.88 Å². The van der Waals surface area contributed by atoms with E-state index in [1.807, 2.05) is 31.2 Å². The molecule has 26 heavy (non-hydrogen) atoms. The van der Waals surface area contributed by atoms with Crippen molar-refractivity contribution in [1.29, 1.82) is 0 Å². The molecule has 0 amide bonds. The summed E-state index contributed by atoms with van der Waals surface area (Å²) in [5, 5.41) is 14.8. The van der Waals surface area contributed by atoms with E-state index in [1.165, 1.54) is 0 Å². The summed E-state index contributed by atoms with van der Waals surface area (Å²) in [4.78, 5) is 12.5. The predicted molar refractivity (Wildman–Crippen MR) is 96.7 cm³/mol. The van der Waals surface area contributed by atoms with Crippen LogP contribution < -0.4 is 4.74 Å². The van der Waals surface area contributed by atoms with Crippen molar-refractivity contribution in [3.05, 3.63) is 78.8 Å². The number of ether oxygens (including phenoxy) is 1. The van der Waals surface area contributed by atoms with Gasteiger partial charge in [-0.3, -0.25) is 9.55 Å². The highest BCUT2D eigenvalue weighted by Crippen LogP contribution is 2.28. The van der Waals surface area contributed by atoms with Crippen LogP contribution in [0, 0.1) is 6.92 Å². The van der Waals surface area contributed by atoms with Crippen LogP contribution in [0.25, 0.3) is 10.8 Å². The molecule has 0 radical (unpaired) electrons. The van der Waals surface area contributed by atoms with E-state index in [9.17, 15) is 5.21 Å². The molecule has 128 valence electrons. The topological polar surface area (TPSA) is 85.4 Å². The van der Waals surface area contributed by atoms with Crippen molar-refractivity contribution in [2.45, 2.75) is 6.92 Å². The molecular weight excluding hydrogens is 330 g/mol. The van der Waals surface area contributed by atoms with Crippen molar-refractivity contribution >= 4 is 16.6 Å². The summed E-state index contributed by atoms with van der Waals surface area (Å²) >= 11 is 0. The molecule has 1 aromatic carbocycles. The number of fused-ring (bicyclic) bond motifs is 1. The van der Waals surface area contributed by atoms with E-state index < -0.39 is 0 Å². The molecule has 0 aliphatic rings. The van der Waals surface area contributed by atoms with Gasteiger partial charge in [-0.05, 0) is 25.1 Å². The van der Waals surface area contributed by atoms with Crippen molar-refractivity contribution in [2.24, 2.45) is 5.16 Å². The van der Waals surface area contributed by atoms with Crippen molar-refractivity contribution in [1.82, 2.24) is 19.5 Å². The summed E-state index contributed by atoms with van der Waals surface area (Å²) in [5.74, 6) is 2.12. The van der Waals surface area contributed by atoms with Crippen LogP contribution in [-0.4, -0.2) is 30.6 Å². The molecule has 0 bridgehead atoms. The van der Waals surface area contributed by atoms with Gasteiger partial charge in [0.25, 0.3) is 0 Å². The van der Waals surface area contributed by atoms with Gasteiger partial charge in [-0.25, -0.2) is 9.97 Å². The SMILES string of the molecule is Cc1nccn1/C(=N\O)c1ccnc(Oc2cccc3cnccc23)c1. The number of aromatic nitrogens is 4. The zero-order valence-corrected chi connectivity index (χ0v) is 13.9. The minimum absolute atomic E-state index is 0.342. The molecule has 4 aromatic rings. The van der Waals surface area contributed by atoms with Crippen molar-refractivity contribution < 1.29 is 9.94 Å². The summed E-state index contributed by atoms with van der Waals surface area (Å²) in [7, 11) is 0.